The molecule has 0 aliphatic carbocycles. The van der Waals surface area contributed by atoms with Gasteiger partial charge in [-0.05, 0) is 43.5 Å². The predicted octanol–water partition coefficient (Wildman–Crippen LogP) is 2.74. The number of carbonyl (C=O) groups is 2. The molecule has 0 saturated carbocycles. The van der Waals surface area contributed by atoms with Crippen LogP contribution in [0.2, 0.25) is 0 Å². The van der Waals surface area contributed by atoms with E-state index in [-0.39, 0.29) is 17.3 Å². The van der Waals surface area contributed by atoms with Gasteiger partial charge in [-0.3, -0.25) is 24.0 Å². The Morgan fingerprint density at radius 1 is 1.19 bits per heavy atom. The monoisotopic (exact) mass is 460 g/mol. The van der Waals surface area contributed by atoms with Crippen LogP contribution in [0.4, 0.5) is 22.7 Å². The molecule has 1 N–H and O–H groups in total. The van der Waals surface area contributed by atoms with E-state index in [1.807, 2.05) is 6.92 Å². The lowest BCUT2D eigenvalue weighted by molar-refractivity contribution is -0.384. The first-order valence-electron chi connectivity index (χ1n) is 9.91. The van der Waals surface area contributed by atoms with Crippen LogP contribution in [0.15, 0.2) is 36.4 Å². The van der Waals surface area contributed by atoms with Gasteiger partial charge < -0.3 is 10.2 Å². The van der Waals surface area contributed by atoms with E-state index in [0.717, 1.165) is 28.6 Å². The number of aryl methyl sites for hydroxylation is 2. The standard InChI is InChI=1S/C21H24N4O6S/c1-14-6-8-16(11-18(14)23-10-4-5-21(23)27)22-20(26)13-24(32(3,30)31)19-12-17(25(28)29)9-7-15(19)2/h6-9,11-12H,4-5,10,13H2,1-3H3,(H,22,26). The van der Waals surface area contributed by atoms with Gasteiger partial charge in [0.1, 0.15) is 6.54 Å². The van der Waals surface area contributed by atoms with E-state index in [2.05, 4.69) is 5.32 Å². The largest absolute Gasteiger partial charge is 0.324 e. The zero-order valence-electron chi connectivity index (χ0n) is 18.0. The van der Waals surface area contributed by atoms with Gasteiger partial charge in [-0.1, -0.05) is 12.1 Å². The molecule has 1 fully saturated rings. The van der Waals surface area contributed by atoms with Crippen molar-refractivity contribution in [2.24, 2.45) is 0 Å². The molecule has 170 valence electrons. The Balaban J connectivity index is 1.86. The molecule has 2 amide bonds. The van der Waals surface area contributed by atoms with E-state index in [9.17, 15) is 28.1 Å². The first kappa shape index (κ1) is 23.2. The SMILES string of the molecule is Cc1ccc(NC(=O)CN(c2cc([N+](=O)[O-])ccc2C)S(C)(=O)=O)cc1N1CCCC1=O. The van der Waals surface area contributed by atoms with E-state index >= 15 is 0 Å². The molecule has 0 atom stereocenters. The predicted molar refractivity (Wildman–Crippen MR) is 121 cm³/mol. The van der Waals surface area contributed by atoms with Gasteiger partial charge in [-0.2, -0.15) is 0 Å². The second-order valence-electron chi connectivity index (χ2n) is 7.70. The van der Waals surface area contributed by atoms with Gasteiger partial charge >= 0.3 is 0 Å². The number of sulfonamides is 1. The molecule has 2 aromatic rings. The van der Waals surface area contributed by atoms with Crippen LogP contribution in [0.1, 0.15) is 24.0 Å². The fourth-order valence-corrected chi connectivity index (χ4v) is 4.48. The van der Waals surface area contributed by atoms with Crippen molar-refractivity contribution in [3.63, 3.8) is 0 Å². The summed E-state index contributed by atoms with van der Waals surface area (Å²) in [6.45, 7) is 3.51. The molecule has 32 heavy (non-hydrogen) atoms. The average molecular weight is 461 g/mol. The molecule has 0 bridgehead atoms. The molecule has 1 aliphatic rings. The lowest BCUT2D eigenvalue weighted by Gasteiger charge is -2.24. The quantitative estimate of drug-likeness (QED) is 0.499. The maximum absolute atomic E-state index is 12.7. The minimum absolute atomic E-state index is 0.0148. The summed E-state index contributed by atoms with van der Waals surface area (Å²) in [7, 11) is -3.91. The van der Waals surface area contributed by atoms with E-state index < -0.39 is 27.4 Å². The third-order valence-corrected chi connectivity index (χ3v) is 6.34. The van der Waals surface area contributed by atoms with Crippen LogP contribution in [0.5, 0.6) is 0 Å². The molecule has 1 heterocycles. The zero-order chi connectivity index (χ0) is 23.6. The molecule has 10 nitrogen and oxygen atoms in total. The summed E-state index contributed by atoms with van der Waals surface area (Å²) in [6.07, 6.45) is 2.17. The summed E-state index contributed by atoms with van der Waals surface area (Å²) in [6, 6.07) is 8.96. The van der Waals surface area contributed by atoms with Crippen molar-refractivity contribution in [3.05, 3.63) is 57.6 Å². The zero-order valence-corrected chi connectivity index (χ0v) is 18.8. The second kappa shape index (κ2) is 8.95. The molecule has 2 aromatic carbocycles. The lowest BCUT2D eigenvalue weighted by Crippen LogP contribution is -2.38. The maximum atomic E-state index is 12.7. The van der Waals surface area contributed by atoms with Gasteiger partial charge in [0, 0.05) is 36.5 Å². The van der Waals surface area contributed by atoms with E-state index in [0.29, 0.717) is 29.9 Å². The lowest BCUT2D eigenvalue weighted by atomic mass is 10.1. The molecule has 1 saturated heterocycles. The molecule has 11 heteroatoms. The Morgan fingerprint density at radius 3 is 2.47 bits per heavy atom. The van der Waals surface area contributed by atoms with E-state index in [1.54, 1.807) is 30.0 Å². The highest BCUT2D eigenvalue weighted by atomic mass is 32.2. The highest BCUT2D eigenvalue weighted by Crippen LogP contribution is 2.29. The van der Waals surface area contributed by atoms with Gasteiger partial charge in [0.05, 0.1) is 16.9 Å². The molecule has 0 unspecified atom stereocenters. The molecule has 0 spiro atoms. The Morgan fingerprint density at radius 2 is 1.88 bits per heavy atom. The topological polar surface area (TPSA) is 130 Å². The number of nitro groups is 1. The Hall–Kier alpha value is -3.47. The van der Waals surface area contributed by atoms with Crippen LogP contribution in [0, 0.1) is 24.0 Å². The normalized spacial score (nSPS) is 13.8. The second-order valence-corrected chi connectivity index (χ2v) is 9.60. The fourth-order valence-electron chi connectivity index (χ4n) is 3.57. The number of carbonyl (C=O) groups excluding carboxylic acids is 2. The number of non-ortho nitro benzene ring substituents is 1. The molecule has 3 rings (SSSR count). The molecular formula is C21H24N4O6S. The van der Waals surface area contributed by atoms with Crippen molar-refractivity contribution in [1.29, 1.82) is 0 Å². The minimum Gasteiger partial charge on any atom is -0.324 e. The van der Waals surface area contributed by atoms with Crippen molar-refractivity contribution in [2.45, 2.75) is 26.7 Å². The summed E-state index contributed by atoms with van der Waals surface area (Å²) in [5, 5.41) is 13.8. The smallest absolute Gasteiger partial charge is 0.271 e. The summed E-state index contributed by atoms with van der Waals surface area (Å²) < 4.78 is 25.6. The minimum atomic E-state index is -3.91. The van der Waals surface area contributed by atoms with Gasteiger partial charge in [0.15, 0.2) is 0 Å². The Kier molecular flexibility index (Phi) is 6.49. The van der Waals surface area contributed by atoms with Gasteiger partial charge in [-0.25, -0.2) is 8.42 Å². The first-order chi connectivity index (χ1) is 15.0. The van der Waals surface area contributed by atoms with Gasteiger partial charge in [-0.15, -0.1) is 0 Å². The summed E-state index contributed by atoms with van der Waals surface area (Å²) in [5.41, 5.74) is 2.24. The summed E-state index contributed by atoms with van der Waals surface area (Å²) in [5.74, 6) is -0.607. The number of hydrogen-bond acceptors (Lipinski definition) is 6. The van der Waals surface area contributed by atoms with Crippen molar-refractivity contribution in [2.75, 3.05) is 33.9 Å². The first-order valence-corrected chi connectivity index (χ1v) is 11.8. The molecule has 0 radical (unpaired) electrons. The van der Waals surface area contributed by atoms with E-state index in [4.69, 9.17) is 0 Å². The summed E-state index contributed by atoms with van der Waals surface area (Å²) >= 11 is 0. The fraction of sp³-hybridized carbons (Fsp3) is 0.333. The number of nitrogens with one attached hydrogen (secondary N) is 1. The maximum Gasteiger partial charge on any atom is 0.271 e. The van der Waals surface area contributed by atoms with Crippen molar-refractivity contribution < 1.29 is 22.9 Å². The van der Waals surface area contributed by atoms with E-state index in [1.165, 1.54) is 12.1 Å². The van der Waals surface area contributed by atoms with Crippen molar-refractivity contribution in [3.8, 4) is 0 Å². The Bertz CT molecular complexity index is 1190. The van der Waals surface area contributed by atoms with Crippen LogP contribution < -0.4 is 14.5 Å². The number of benzene rings is 2. The average Bonchev–Trinajstić information content (AvgIpc) is 3.13. The van der Waals surface area contributed by atoms with Crippen LogP contribution in [0.3, 0.4) is 0 Å². The summed E-state index contributed by atoms with van der Waals surface area (Å²) in [4.78, 5) is 37.0. The number of hydrogen-bond donors (Lipinski definition) is 1. The number of nitrogens with zero attached hydrogens (tertiary/aromatic N) is 3. The van der Waals surface area contributed by atoms with Crippen molar-refractivity contribution in [1.82, 2.24) is 0 Å². The molecular weight excluding hydrogens is 436 g/mol. The van der Waals surface area contributed by atoms with Crippen LogP contribution in [-0.2, 0) is 19.6 Å². The number of rotatable bonds is 7. The third-order valence-electron chi connectivity index (χ3n) is 5.22. The van der Waals surface area contributed by atoms with Gasteiger partial charge in [0.25, 0.3) is 5.69 Å². The van der Waals surface area contributed by atoms with Crippen molar-refractivity contribution >= 4 is 44.6 Å². The number of amides is 2. The molecule has 1 aliphatic heterocycles. The molecule has 0 aromatic heterocycles. The number of anilines is 3. The van der Waals surface area contributed by atoms with Crippen LogP contribution in [0.25, 0.3) is 0 Å². The third kappa shape index (κ3) is 5.05. The van der Waals surface area contributed by atoms with Gasteiger partial charge in [0.2, 0.25) is 21.8 Å². The Labute approximate surface area is 186 Å². The highest BCUT2D eigenvalue weighted by Gasteiger charge is 2.26. The highest BCUT2D eigenvalue weighted by molar-refractivity contribution is 7.92. The van der Waals surface area contributed by atoms with Crippen LogP contribution >= 0.6 is 0 Å². The number of nitro benzene ring substituents is 1. The van der Waals surface area contributed by atoms with Crippen LogP contribution in [-0.4, -0.2) is 44.5 Å².